The van der Waals surface area contributed by atoms with Crippen LogP contribution in [0.2, 0.25) is 0 Å². The molecule has 1 aliphatic rings. The third-order valence-corrected chi connectivity index (χ3v) is 8.33. The third kappa shape index (κ3) is 5.14. The fourth-order valence-electron chi connectivity index (χ4n) is 4.18. The van der Waals surface area contributed by atoms with E-state index >= 15 is 0 Å². The van der Waals surface area contributed by atoms with E-state index in [1.807, 2.05) is 6.92 Å². The van der Waals surface area contributed by atoms with E-state index in [1.165, 1.54) is 0 Å². The lowest BCUT2D eigenvalue weighted by Crippen LogP contribution is -2.31. The predicted molar refractivity (Wildman–Crippen MR) is 134 cm³/mol. The van der Waals surface area contributed by atoms with Gasteiger partial charge >= 0.3 is 0 Å². The number of nitrogens with zero attached hydrogens (tertiary/aromatic N) is 5. The maximum atomic E-state index is 13.5. The average molecular weight is 517 g/mol. The summed E-state index contributed by atoms with van der Waals surface area (Å²) in [5.74, 6) is 1.50. The normalized spacial score (nSPS) is 17.9. The number of anilines is 1. The summed E-state index contributed by atoms with van der Waals surface area (Å²) in [4.78, 5) is 8.62. The van der Waals surface area contributed by atoms with Crippen LogP contribution in [0.15, 0.2) is 30.6 Å². The first kappa shape index (κ1) is 25.8. The van der Waals surface area contributed by atoms with Crippen LogP contribution in [0.1, 0.15) is 55.7 Å². The Morgan fingerprint density at radius 1 is 1.11 bits per heavy atom. The van der Waals surface area contributed by atoms with E-state index in [0.29, 0.717) is 42.0 Å². The molecule has 1 aliphatic heterocycles. The van der Waals surface area contributed by atoms with Gasteiger partial charge in [-0.1, -0.05) is 13.0 Å². The van der Waals surface area contributed by atoms with Crippen LogP contribution in [0.3, 0.4) is 0 Å². The number of para-hydroxylation sites is 1. The van der Waals surface area contributed by atoms with Gasteiger partial charge in [0.15, 0.2) is 0 Å². The Morgan fingerprint density at radius 3 is 2.36 bits per heavy atom. The standard InChI is InChI=1S/C24H32N6O5S/c1-15-12-25-22(26-13-15)16(2)17(3)36(31,32)29-24-28-27-23(18-8-7-11-35-14-18)30(24)21-19(33-4)9-6-10-20(21)34-5/h6,9-10,12-13,16-18H,7-8,11,14H2,1-5H3,(H,28,29)/t16?,17?,18-/m1/s1. The first-order chi connectivity index (χ1) is 17.3. The SMILES string of the molecule is COc1cccc(OC)c1-n1c(NS(=O)(=O)C(C)C(C)c2ncc(C)cn2)nnc1[C@@H]1CCCOC1. The Hall–Kier alpha value is -3.25. The smallest absolute Gasteiger partial charge is 0.243 e. The molecule has 194 valence electrons. The second-order valence-corrected chi connectivity index (χ2v) is 10.9. The van der Waals surface area contributed by atoms with Gasteiger partial charge in [-0.05, 0) is 44.4 Å². The first-order valence-electron chi connectivity index (χ1n) is 11.8. The van der Waals surface area contributed by atoms with Crippen LogP contribution in [-0.2, 0) is 14.8 Å². The van der Waals surface area contributed by atoms with E-state index in [-0.39, 0.29) is 11.9 Å². The Morgan fingerprint density at radius 2 is 1.78 bits per heavy atom. The lowest BCUT2D eigenvalue weighted by atomic mass is 10.0. The second kappa shape index (κ2) is 10.8. The van der Waals surface area contributed by atoms with Crippen molar-refractivity contribution in [1.29, 1.82) is 0 Å². The topological polar surface area (TPSA) is 130 Å². The predicted octanol–water partition coefficient (Wildman–Crippen LogP) is 3.21. The molecule has 2 aromatic heterocycles. The molecule has 0 amide bonds. The summed E-state index contributed by atoms with van der Waals surface area (Å²) in [5.41, 5.74) is 1.41. The summed E-state index contributed by atoms with van der Waals surface area (Å²) < 4.78 is 48.3. The number of sulfonamides is 1. The van der Waals surface area contributed by atoms with Gasteiger partial charge < -0.3 is 14.2 Å². The molecule has 0 radical (unpaired) electrons. The second-order valence-electron chi connectivity index (χ2n) is 8.90. The molecular weight excluding hydrogens is 484 g/mol. The molecule has 2 unspecified atom stereocenters. The number of hydrogen-bond acceptors (Lipinski definition) is 9. The van der Waals surface area contributed by atoms with Crippen molar-refractivity contribution in [2.24, 2.45) is 0 Å². The molecule has 0 spiro atoms. The molecule has 0 bridgehead atoms. The summed E-state index contributed by atoms with van der Waals surface area (Å²) in [5, 5.41) is 7.79. The summed E-state index contributed by atoms with van der Waals surface area (Å²) in [7, 11) is -0.838. The molecule has 3 atom stereocenters. The van der Waals surface area contributed by atoms with Gasteiger partial charge in [-0.2, -0.15) is 0 Å². The fraction of sp³-hybridized carbons (Fsp3) is 0.500. The average Bonchev–Trinajstić information content (AvgIpc) is 3.30. The zero-order valence-electron chi connectivity index (χ0n) is 21.1. The largest absolute Gasteiger partial charge is 0.494 e. The first-order valence-corrected chi connectivity index (χ1v) is 13.4. The molecule has 4 rings (SSSR count). The van der Waals surface area contributed by atoms with Gasteiger partial charge in [0.25, 0.3) is 0 Å². The lowest BCUT2D eigenvalue weighted by Gasteiger charge is -2.24. The van der Waals surface area contributed by atoms with Crippen LogP contribution in [-0.4, -0.2) is 65.8 Å². The number of methoxy groups -OCH3 is 2. The van der Waals surface area contributed by atoms with E-state index in [2.05, 4.69) is 24.9 Å². The monoisotopic (exact) mass is 516 g/mol. The highest BCUT2D eigenvalue weighted by atomic mass is 32.2. The summed E-state index contributed by atoms with van der Waals surface area (Å²) in [6, 6.07) is 5.34. The van der Waals surface area contributed by atoms with Crippen LogP contribution in [0, 0.1) is 6.92 Å². The summed E-state index contributed by atoms with van der Waals surface area (Å²) in [6.45, 7) is 6.42. The Bertz CT molecular complexity index is 1270. The third-order valence-electron chi connectivity index (χ3n) is 6.47. The molecular formula is C24H32N6O5S. The number of ether oxygens (including phenoxy) is 3. The zero-order valence-corrected chi connectivity index (χ0v) is 21.9. The van der Waals surface area contributed by atoms with Crippen LogP contribution in [0.5, 0.6) is 11.5 Å². The molecule has 3 heterocycles. The highest BCUT2D eigenvalue weighted by Gasteiger charge is 2.33. The number of hydrogen-bond donors (Lipinski definition) is 1. The number of nitrogens with one attached hydrogen (secondary N) is 1. The lowest BCUT2D eigenvalue weighted by molar-refractivity contribution is 0.0775. The van der Waals surface area contributed by atoms with Gasteiger partial charge in [-0.15, -0.1) is 10.2 Å². The maximum absolute atomic E-state index is 13.5. The highest BCUT2D eigenvalue weighted by Crippen LogP contribution is 2.38. The van der Waals surface area contributed by atoms with Crippen LogP contribution in [0.4, 0.5) is 5.95 Å². The van der Waals surface area contributed by atoms with Crippen molar-refractivity contribution in [2.75, 3.05) is 32.2 Å². The van der Waals surface area contributed by atoms with Crippen molar-refractivity contribution in [1.82, 2.24) is 24.7 Å². The molecule has 1 saturated heterocycles. The van der Waals surface area contributed by atoms with Crippen molar-refractivity contribution in [3.63, 3.8) is 0 Å². The molecule has 12 heteroatoms. The van der Waals surface area contributed by atoms with Gasteiger partial charge in [-0.25, -0.2) is 18.4 Å². The molecule has 1 aromatic carbocycles. The number of benzene rings is 1. The van der Waals surface area contributed by atoms with Gasteiger partial charge in [0.2, 0.25) is 16.0 Å². The van der Waals surface area contributed by atoms with Crippen LogP contribution in [0.25, 0.3) is 5.69 Å². The number of aryl methyl sites for hydroxylation is 1. The Kier molecular flexibility index (Phi) is 7.74. The number of rotatable bonds is 9. The van der Waals surface area contributed by atoms with Crippen molar-refractivity contribution in [3.05, 3.63) is 47.8 Å². The molecule has 3 aromatic rings. The fourth-order valence-corrected chi connectivity index (χ4v) is 5.41. The maximum Gasteiger partial charge on any atom is 0.243 e. The van der Waals surface area contributed by atoms with Crippen molar-refractivity contribution < 1.29 is 22.6 Å². The van der Waals surface area contributed by atoms with Crippen molar-refractivity contribution in [2.45, 2.75) is 50.7 Å². The van der Waals surface area contributed by atoms with Crippen molar-refractivity contribution >= 4 is 16.0 Å². The van der Waals surface area contributed by atoms with Gasteiger partial charge in [-0.3, -0.25) is 9.29 Å². The Labute approximate surface area is 211 Å². The summed E-state index contributed by atoms with van der Waals surface area (Å²) >= 11 is 0. The van der Waals surface area contributed by atoms with Gasteiger partial charge in [0.05, 0.1) is 26.1 Å². The molecule has 0 saturated carbocycles. The molecule has 11 nitrogen and oxygen atoms in total. The van der Waals surface area contributed by atoms with E-state index in [0.717, 1.165) is 18.4 Å². The molecule has 1 fully saturated rings. The van der Waals surface area contributed by atoms with E-state index in [1.54, 1.807) is 63.2 Å². The summed E-state index contributed by atoms with van der Waals surface area (Å²) in [6.07, 6.45) is 5.05. The minimum atomic E-state index is -3.92. The van der Waals surface area contributed by atoms with E-state index in [4.69, 9.17) is 14.2 Å². The molecule has 36 heavy (non-hydrogen) atoms. The molecule has 0 aliphatic carbocycles. The van der Waals surface area contributed by atoms with Gasteiger partial charge in [0, 0.05) is 30.8 Å². The van der Waals surface area contributed by atoms with Crippen LogP contribution >= 0.6 is 0 Å². The Balaban J connectivity index is 1.77. The van der Waals surface area contributed by atoms with Gasteiger partial charge in [0.1, 0.15) is 28.8 Å². The quantitative estimate of drug-likeness (QED) is 0.455. The van der Waals surface area contributed by atoms with Crippen molar-refractivity contribution in [3.8, 4) is 17.2 Å². The highest BCUT2D eigenvalue weighted by molar-refractivity contribution is 7.93. The van der Waals surface area contributed by atoms with E-state index in [9.17, 15) is 8.42 Å². The number of aromatic nitrogens is 5. The van der Waals surface area contributed by atoms with E-state index < -0.39 is 21.2 Å². The minimum absolute atomic E-state index is 0.0437. The molecule has 1 N–H and O–H groups in total. The minimum Gasteiger partial charge on any atom is -0.494 e. The van der Waals surface area contributed by atoms with Crippen LogP contribution < -0.4 is 14.2 Å². The zero-order chi connectivity index (χ0) is 25.9.